The van der Waals surface area contributed by atoms with Crippen molar-refractivity contribution in [1.82, 2.24) is 9.97 Å². The van der Waals surface area contributed by atoms with Gasteiger partial charge in [-0.3, -0.25) is 0 Å². The molecule has 2 aromatic heterocycles. The van der Waals surface area contributed by atoms with Crippen molar-refractivity contribution in [2.24, 2.45) is 0 Å². The van der Waals surface area contributed by atoms with Crippen LogP contribution in [0.4, 0.5) is 20.3 Å². The molecule has 0 saturated heterocycles. The average Bonchev–Trinajstić information content (AvgIpc) is 3.20. The fourth-order valence-corrected chi connectivity index (χ4v) is 3.48. The third-order valence-corrected chi connectivity index (χ3v) is 4.94. The zero-order valence-corrected chi connectivity index (χ0v) is 16.3. The molecule has 9 heteroatoms. The summed E-state index contributed by atoms with van der Waals surface area (Å²) in [6, 6.07) is 9.69. The second kappa shape index (κ2) is 7.35. The maximum atomic E-state index is 13.8. The van der Waals surface area contributed by atoms with Crippen molar-refractivity contribution < 1.29 is 27.5 Å². The van der Waals surface area contributed by atoms with Gasteiger partial charge in [-0.15, -0.1) is 0 Å². The molecule has 0 radical (unpaired) electrons. The van der Waals surface area contributed by atoms with Gasteiger partial charge >= 0.3 is 5.97 Å². The van der Waals surface area contributed by atoms with Crippen LogP contribution in [0.2, 0.25) is 0 Å². The van der Waals surface area contributed by atoms with E-state index < -0.39 is 17.6 Å². The van der Waals surface area contributed by atoms with E-state index in [4.69, 9.17) is 13.9 Å². The van der Waals surface area contributed by atoms with Crippen molar-refractivity contribution in [2.75, 3.05) is 25.2 Å². The van der Waals surface area contributed by atoms with E-state index in [2.05, 4.69) is 9.97 Å². The van der Waals surface area contributed by atoms with E-state index in [1.54, 1.807) is 11.0 Å². The van der Waals surface area contributed by atoms with E-state index in [0.29, 0.717) is 41.5 Å². The van der Waals surface area contributed by atoms with Gasteiger partial charge < -0.3 is 18.8 Å². The first-order chi connectivity index (χ1) is 15.0. The number of carbonyl (C=O) groups is 1. The number of hydrogen-bond donors (Lipinski definition) is 0. The lowest BCUT2D eigenvalue weighted by Gasteiger charge is -2.30. The van der Waals surface area contributed by atoms with Crippen molar-refractivity contribution in [3.05, 3.63) is 65.9 Å². The summed E-state index contributed by atoms with van der Waals surface area (Å²) in [6.07, 6.45) is 1.43. The van der Waals surface area contributed by atoms with Crippen molar-refractivity contribution in [1.29, 1.82) is 0 Å². The van der Waals surface area contributed by atoms with Gasteiger partial charge in [-0.05, 0) is 30.3 Å². The molecule has 0 N–H and O–H groups in total. The Kier molecular flexibility index (Phi) is 4.50. The standard InChI is InChI=1S/C22H15F2N3O4/c1-29-22(28)14-10-20(27-6-7-30-18-5-3-12(23)8-17(18)27)25-11-15(14)21-26-16-4-2-13(24)9-19(16)31-21/h2-5,8-11H,6-7H2,1H3. The number of hydrogen-bond acceptors (Lipinski definition) is 7. The molecule has 1 aliphatic heterocycles. The Morgan fingerprint density at radius 3 is 2.77 bits per heavy atom. The average molecular weight is 423 g/mol. The highest BCUT2D eigenvalue weighted by atomic mass is 19.1. The van der Waals surface area contributed by atoms with E-state index in [9.17, 15) is 13.6 Å². The molecule has 0 saturated carbocycles. The van der Waals surface area contributed by atoms with Crippen LogP contribution in [-0.4, -0.2) is 36.2 Å². The number of rotatable bonds is 3. The van der Waals surface area contributed by atoms with E-state index in [1.165, 1.54) is 49.7 Å². The van der Waals surface area contributed by atoms with Crippen LogP contribution in [0.5, 0.6) is 5.75 Å². The second-order valence-electron chi connectivity index (χ2n) is 6.82. The van der Waals surface area contributed by atoms with Crippen LogP contribution in [0.1, 0.15) is 10.4 Å². The molecule has 7 nitrogen and oxygen atoms in total. The number of fused-ring (bicyclic) bond motifs is 2. The fourth-order valence-electron chi connectivity index (χ4n) is 3.48. The maximum absolute atomic E-state index is 13.8. The number of esters is 1. The van der Waals surface area contributed by atoms with E-state index in [1.807, 2.05) is 0 Å². The molecule has 0 aliphatic carbocycles. The number of pyridine rings is 1. The second-order valence-corrected chi connectivity index (χ2v) is 6.82. The molecule has 31 heavy (non-hydrogen) atoms. The lowest BCUT2D eigenvalue weighted by atomic mass is 10.1. The quantitative estimate of drug-likeness (QED) is 0.450. The van der Waals surface area contributed by atoms with Crippen LogP contribution in [0.25, 0.3) is 22.6 Å². The summed E-state index contributed by atoms with van der Waals surface area (Å²) < 4.78 is 43.5. The molecule has 2 aromatic carbocycles. The summed E-state index contributed by atoms with van der Waals surface area (Å²) in [5.41, 5.74) is 1.63. The monoisotopic (exact) mass is 423 g/mol. The Morgan fingerprint density at radius 2 is 1.94 bits per heavy atom. The van der Waals surface area contributed by atoms with Crippen molar-refractivity contribution >= 4 is 28.6 Å². The van der Waals surface area contributed by atoms with Crippen LogP contribution in [-0.2, 0) is 4.74 Å². The first-order valence-corrected chi connectivity index (χ1v) is 9.38. The fraction of sp³-hybridized carbons (Fsp3) is 0.136. The zero-order chi connectivity index (χ0) is 21.5. The lowest BCUT2D eigenvalue weighted by molar-refractivity contribution is 0.0601. The molecule has 0 unspecified atom stereocenters. The number of carbonyl (C=O) groups excluding carboxylic acids is 1. The van der Waals surface area contributed by atoms with Crippen LogP contribution < -0.4 is 9.64 Å². The number of anilines is 2. The van der Waals surface area contributed by atoms with Crippen molar-refractivity contribution in [3.63, 3.8) is 0 Å². The minimum Gasteiger partial charge on any atom is -0.490 e. The van der Waals surface area contributed by atoms with Gasteiger partial charge in [0.05, 0.1) is 30.5 Å². The molecule has 0 atom stereocenters. The van der Waals surface area contributed by atoms with Crippen molar-refractivity contribution in [2.45, 2.75) is 0 Å². The smallest absolute Gasteiger partial charge is 0.338 e. The van der Waals surface area contributed by atoms with Crippen LogP contribution in [0.15, 0.2) is 53.1 Å². The first-order valence-electron chi connectivity index (χ1n) is 9.38. The van der Waals surface area contributed by atoms with Gasteiger partial charge in [-0.1, -0.05) is 0 Å². The Balaban J connectivity index is 1.63. The number of oxazole rings is 1. The topological polar surface area (TPSA) is 77.7 Å². The number of methoxy groups -OCH3 is 1. The van der Waals surface area contributed by atoms with Gasteiger partial charge in [-0.2, -0.15) is 0 Å². The zero-order valence-electron chi connectivity index (χ0n) is 16.3. The molecular formula is C22H15F2N3O4. The normalized spacial score (nSPS) is 13.1. The minimum absolute atomic E-state index is 0.105. The van der Waals surface area contributed by atoms with Gasteiger partial charge in [0.25, 0.3) is 0 Å². The summed E-state index contributed by atoms with van der Waals surface area (Å²) >= 11 is 0. The van der Waals surface area contributed by atoms with Crippen molar-refractivity contribution in [3.8, 4) is 17.2 Å². The molecule has 0 fully saturated rings. The van der Waals surface area contributed by atoms with Crippen LogP contribution in [0, 0.1) is 11.6 Å². The number of benzene rings is 2. The number of halogens is 2. The number of ether oxygens (including phenoxy) is 2. The van der Waals surface area contributed by atoms with E-state index >= 15 is 0 Å². The van der Waals surface area contributed by atoms with Gasteiger partial charge in [0.1, 0.15) is 35.3 Å². The summed E-state index contributed by atoms with van der Waals surface area (Å²) in [7, 11) is 1.26. The molecule has 0 bridgehead atoms. The van der Waals surface area contributed by atoms with Gasteiger partial charge in [0.15, 0.2) is 5.58 Å². The molecular weight excluding hydrogens is 408 g/mol. The number of aromatic nitrogens is 2. The van der Waals surface area contributed by atoms with E-state index in [-0.39, 0.29) is 17.0 Å². The summed E-state index contributed by atoms with van der Waals surface area (Å²) in [4.78, 5) is 23.0. The van der Waals surface area contributed by atoms with Gasteiger partial charge in [0.2, 0.25) is 5.89 Å². The molecule has 4 aromatic rings. The summed E-state index contributed by atoms with van der Waals surface area (Å²) in [5, 5.41) is 0. The first kappa shape index (κ1) is 19.0. The molecule has 1 aliphatic rings. The van der Waals surface area contributed by atoms with Gasteiger partial charge in [-0.25, -0.2) is 23.5 Å². The van der Waals surface area contributed by atoms with Crippen LogP contribution >= 0.6 is 0 Å². The highest BCUT2D eigenvalue weighted by molar-refractivity contribution is 5.97. The molecule has 3 heterocycles. The SMILES string of the molecule is COC(=O)c1cc(N2CCOc3ccc(F)cc32)ncc1-c1nc2ccc(F)cc2o1. The Hall–Kier alpha value is -4.01. The molecule has 0 amide bonds. The molecule has 156 valence electrons. The lowest BCUT2D eigenvalue weighted by Crippen LogP contribution is -2.29. The Morgan fingerprint density at radius 1 is 1.13 bits per heavy atom. The third-order valence-electron chi connectivity index (χ3n) is 4.94. The Bertz CT molecular complexity index is 1320. The third kappa shape index (κ3) is 3.33. The molecule has 5 rings (SSSR count). The summed E-state index contributed by atoms with van der Waals surface area (Å²) in [5.74, 6) is -0.485. The van der Waals surface area contributed by atoms with Crippen LogP contribution in [0.3, 0.4) is 0 Å². The highest BCUT2D eigenvalue weighted by Gasteiger charge is 2.25. The Labute approximate surface area is 174 Å². The van der Waals surface area contributed by atoms with E-state index in [0.717, 1.165) is 0 Å². The predicted molar refractivity (Wildman–Crippen MR) is 107 cm³/mol. The summed E-state index contributed by atoms with van der Waals surface area (Å²) in [6.45, 7) is 0.776. The maximum Gasteiger partial charge on any atom is 0.338 e. The molecule has 0 spiro atoms. The highest BCUT2D eigenvalue weighted by Crippen LogP contribution is 2.38. The minimum atomic E-state index is -0.625. The largest absolute Gasteiger partial charge is 0.490 e. The number of nitrogens with zero attached hydrogens (tertiary/aromatic N) is 3. The van der Waals surface area contributed by atoms with Gasteiger partial charge in [0, 0.05) is 18.3 Å². The predicted octanol–water partition coefficient (Wildman–Crippen LogP) is 4.49.